The molecule has 0 amide bonds. The fourth-order valence-corrected chi connectivity index (χ4v) is 9.08. The standard InChI is InChI=1S/C25H27NSi/c1-25(2,3)26-27(22-14-6-4-7-15-22,23-16-8-5-9-17-23)24-18-20-12-10-11-13-21(20)19-24/h4-18,26H,19H2,1-3H3. The number of hydrogen-bond donors (Lipinski definition) is 1. The van der Waals surface area contributed by atoms with Gasteiger partial charge in [0.05, 0.1) is 0 Å². The molecule has 0 saturated heterocycles. The van der Waals surface area contributed by atoms with E-state index in [4.69, 9.17) is 0 Å². The summed E-state index contributed by atoms with van der Waals surface area (Å²) < 4.78 is 0. The van der Waals surface area contributed by atoms with Crippen LogP contribution in [0.25, 0.3) is 6.08 Å². The molecular weight excluding hydrogens is 342 g/mol. The third-order valence-electron chi connectivity index (χ3n) is 5.22. The average Bonchev–Trinajstić information content (AvgIpc) is 3.11. The van der Waals surface area contributed by atoms with Crippen molar-refractivity contribution in [3.63, 3.8) is 0 Å². The summed E-state index contributed by atoms with van der Waals surface area (Å²) >= 11 is 0. The SMILES string of the molecule is CC(C)(C)N[Si](C1=Cc2ccccc2C1)(c1ccccc1)c1ccccc1. The van der Waals surface area contributed by atoms with Gasteiger partial charge in [-0.2, -0.15) is 0 Å². The van der Waals surface area contributed by atoms with Gasteiger partial charge in [0.2, 0.25) is 8.24 Å². The van der Waals surface area contributed by atoms with E-state index in [-0.39, 0.29) is 5.54 Å². The summed E-state index contributed by atoms with van der Waals surface area (Å²) in [7, 11) is -2.34. The maximum atomic E-state index is 4.15. The molecule has 2 heteroatoms. The first-order chi connectivity index (χ1) is 13.0. The van der Waals surface area contributed by atoms with Gasteiger partial charge in [-0.05, 0) is 48.7 Å². The zero-order valence-corrected chi connectivity index (χ0v) is 17.4. The normalized spacial score (nSPS) is 14.0. The maximum Gasteiger partial charge on any atom is 0.219 e. The van der Waals surface area contributed by atoms with Gasteiger partial charge in [0.1, 0.15) is 0 Å². The number of benzene rings is 3. The Balaban J connectivity index is 1.97. The summed E-state index contributed by atoms with van der Waals surface area (Å²) in [6.45, 7) is 6.84. The molecule has 3 aromatic carbocycles. The van der Waals surface area contributed by atoms with Crippen LogP contribution in [0.15, 0.2) is 90.1 Å². The Hall–Kier alpha value is -2.42. The molecule has 4 rings (SSSR count). The zero-order chi connectivity index (χ0) is 18.9. The predicted molar refractivity (Wildman–Crippen MR) is 119 cm³/mol. The first-order valence-electron chi connectivity index (χ1n) is 9.68. The monoisotopic (exact) mass is 369 g/mol. The van der Waals surface area contributed by atoms with Gasteiger partial charge in [0, 0.05) is 5.54 Å². The summed E-state index contributed by atoms with van der Waals surface area (Å²) in [6.07, 6.45) is 3.47. The molecule has 0 aliphatic heterocycles. The Bertz CT molecular complexity index is 913. The highest BCUT2D eigenvalue weighted by Crippen LogP contribution is 2.31. The molecule has 3 aromatic rings. The van der Waals surface area contributed by atoms with Gasteiger partial charge in [-0.25, -0.2) is 0 Å². The molecule has 0 spiro atoms. The minimum atomic E-state index is -2.34. The van der Waals surface area contributed by atoms with Crippen molar-refractivity contribution >= 4 is 24.7 Å². The van der Waals surface area contributed by atoms with Crippen molar-refractivity contribution in [1.29, 1.82) is 0 Å². The number of rotatable bonds is 4. The molecule has 0 radical (unpaired) electrons. The molecule has 0 atom stereocenters. The Labute approximate surface area is 163 Å². The lowest BCUT2D eigenvalue weighted by atomic mass is 10.1. The predicted octanol–water partition coefficient (Wildman–Crippen LogP) is 4.31. The van der Waals surface area contributed by atoms with E-state index in [1.165, 1.54) is 26.7 Å². The largest absolute Gasteiger partial charge is 0.322 e. The van der Waals surface area contributed by atoms with E-state index in [2.05, 4.69) is 117 Å². The smallest absolute Gasteiger partial charge is 0.219 e. The van der Waals surface area contributed by atoms with Gasteiger partial charge in [0.25, 0.3) is 0 Å². The second kappa shape index (κ2) is 6.95. The van der Waals surface area contributed by atoms with E-state index < -0.39 is 8.24 Å². The molecule has 0 aromatic heterocycles. The van der Waals surface area contributed by atoms with Crippen molar-refractivity contribution in [2.24, 2.45) is 0 Å². The Morgan fingerprint density at radius 3 is 1.74 bits per heavy atom. The summed E-state index contributed by atoms with van der Waals surface area (Å²) in [6, 6.07) is 31.0. The highest BCUT2D eigenvalue weighted by atomic mass is 28.3. The van der Waals surface area contributed by atoms with Gasteiger partial charge >= 0.3 is 0 Å². The van der Waals surface area contributed by atoms with Gasteiger partial charge in [-0.15, -0.1) is 0 Å². The Morgan fingerprint density at radius 1 is 0.704 bits per heavy atom. The van der Waals surface area contributed by atoms with Crippen LogP contribution in [-0.4, -0.2) is 13.8 Å². The van der Waals surface area contributed by atoms with Crippen molar-refractivity contribution in [3.05, 3.63) is 101 Å². The van der Waals surface area contributed by atoms with Gasteiger partial charge in [-0.1, -0.05) is 96.2 Å². The second-order valence-corrected chi connectivity index (χ2v) is 11.9. The molecule has 1 N–H and O–H groups in total. The summed E-state index contributed by atoms with van der Waals surface area (Å²) in [4.78, 5) is 4.15. The molecule has 0 heterocycles. The van der Waals surface area contributed by atoms with Crippen LogP contribution >= 0.6 is 0 Å². The number of allylic oxidation sites excluding steroid dienone is 1. The van der Waals surface area contributed by atoms with Crippen LogP contribution in [0.5, 0.6) is 0 Å². The average molecular weight is 370 g/mol. The molecule has 1 aliphatic rings. The molecule has 1 nitrogen and oxygen atoms in total. The van der Waals surface area contributed by atoms with E-state index in [0.717, 1.165) is 6.42 Å². The maximum absolute atomic E-state index is 4.15. The molecule has 136 valence electrons. The van der Waals surface area contributed by atoms with Gasteiger partial charge < -0.3 is 4.98 Å². The lowest BCUT2D eigenvalue weighted by Gasteiger charge is -2.41. The fraction of sp³-hybridized carbons (Fsp3) is 0.200. The zero-order valence-electron chi connectivity index (χ0n) is 16.4. The first kappa shape index (κ1) is 18.0. The van der Waals surface area contributed by atoms with Crippen molar-refractivity contribution in [3.8, 4) is 0 Å². The van der Waals surface area contributed by atoms with Crippen LogP contribution in [0.3, 0.4) is 0 Å². The van der Waals surface area contributed by atoms with E-state index >= 15 is 0 Å². The second-order valence-electron chi connectivity index (χ2n) is 8.40. The minimum Gasteiger partial charge on any atom is -0.322 e. The lowest BCUT2D eigenvalue weighted by Crippen LogP contribution is -2.74. The highest BCUT2D eigenvalue weighted by molar-refractivity contribution is 7.06. The fourth-order valence-electron chi connectivity index (χ4n) is 4.22. The van der Waals surface area contributed by atoms with Crippen molar-refractivity contribution in [1.82, 2.24) is 4.98 Å². The van der Waals surface area contributed by atoms with Crippen molar-refractivity contribution < 1.29 is 0 Å². The molecule has 0 saturated carbocycles. The Kier molecular flexibility index (Phi) is 4.63. The van der Waals surface area contributed by atoms with Gasteiger partial charge in [0.15, 0.2) is 0 Å². The van der Waals surface area contributed by atoms with Gasteiger partial charge in [-0.3, -0.25) is 0 Å². The van der Waals surface area contributed by atoms with Crippen LogP contribution in [0.1, 0.15) is 31.9 Å². The molecule has 1 aliphatic carbocycles. The first-order valence-corrected chi connectivity index (χ1v) is 11.7. The van der Waals surface area contributed by atoms with E-state index in [1.807, 2.05) is 0 Å². The molecule has 0 bridgehead atoms. The van der Waals surface area contributed by atoms with Crippen LogP contribution in [0.4, 0.5) is 0 Å². The minimum absolute atomic E-state index is 0.00746. The molecular formula is C25H27NSi. The Morgan fingerprint density at radius 2 is 1.22 bits per heavy atom. The summed E-state index contributed by atoms with van der Waals surface area (Å²) in [5, 5.41) is 4.38. The molecule has 0 unspecified atom stereocenters. The molecule has 0 fully saturated rings. The third-order valence-corrected chi connectivity index (χ3v) is 10.0. The van der Waals surface area contributed by atoms with Crippen LogP contribution in [0.2, 0.25) is 0 Å². The van der Waals surface area contributed by atoms with E-state index in [1.54, 1.807) is 0 Å². The van der Waals surface area contributed by atoms with Crippen molar-refractivity contribution in [2.45, 2.75) is 32.7 Å². The number of nitrogens with one attached hydrogen (secondary N) is 1. The van der Waals surface area contributed by atoms with E-state index in [9.17, 15) is 0 Å². The number of fused-ring (bicyclic) bond motifs is 1. The quantitative estimate of drug-likeness (QED) is 0.676. The van der Waals surface area contributed by atoms with Crippen LogP contribution < -0.4 is 15.4 Å². The summed E-state index contributed by atoms with van der Waals surface area (Å²) in [5.74, 6) is 0. The van der Waals surface area contributed by atoms with Crippen molar-refractivity contribution in [2.75, 3.05) is 0 Å². The summed E-state index contributed by atoms with van der Waals surface area (Å²) in [5.41, 5.74) is 2.81. The third kappa shape index (κ3) is 3.43. The van der Waals surface area contributed by atoms with E-state index in [0.29, 0.717) is 0 Å². The lowest BCUT2D eigenvalue weighted by molar-refractivity contribution is 0.517. The molecule has 27 heavy (non-hydrogen) atoms. The van der Waals surface area contributed by atoms with Crippen LogP contribution in [0, 0.1) is 0 Å². The highest BCUT2D eigenvalue weighted by Gasteiger charge is 2.45. The number of hydrogen-bond acceptors (Lipinski definition) is 1. The topological polar surface area (TPSA) is 12.0 Å². The van der Waals surface area contributed by atoms with Crippen LogP contribution in [-0.2, 0) is 6.42 Å².